The van der Waals surface area contributed by atoms with Gasteiger partial charge in [0.15, 0.2) is 0 Å². The van der Waals surface area contributed by atoms with E-state index >= 15 is 0 Å². The Labute approximate surface area is 124 Å². The Kier molecular flexibility index (Phi) is 4.77. The summed E-state index contributed by atoms with van der Waals surface area (Å²) in [5.41, 5.74) is 8.58. The molecular formula is C16H19N3O2. The summed E-state index contributed by atoms with van der Waals surface area (Å²) in [7, 11) is 0. The minimum absolute atomic E-state index is 0.389. The predicted molar refractivity (Wildman–Crippen MR) is 82.4 cm³/mol. The monoisotopic (exact) mass is 285 g/mol. The second kappa shape index (κ2) is 6.74. The fraction of sp³-hybridized carbons (Fsp3) is 0.250. The predicted octanol–water partition coefficient (Wildman–Crippen LogP) is 2.50. The largest absolute Gasteiger partial charge is 0.494 e. The number of aromatic nitrogens is 1. The molecule has 1 aromatic heterocycles. The van der Waals surface area contributed by atoms with E-state index in [-0.39, 0.29) is 0 Å². The number of primary amides is 1. The number of hydrogen-bond donors (Lipinski definition) is 2. The Bertz CT molecular complexity index is 641. The third-order valence-electron chi connectivity index (χ3n) is 3.11. The number of amides is 1. The molecule has 0 radical (unpaired) electrons. The summed E-state index contributed by atoms with van der Waals surface area (Å²) in [4.78, 5) is 15.2. The fourth-order valence-corrected chi connectivity index (χ4v) is 2.08. The Balaban J connectivity index is 2.10. The Morgan fingerprint density at radius 1 is 1.38 bits per heavy atom. The first-order chi connectivity index (χ1) is 10.1. The van der Waals surface area contributed by atoms with Crippen molar-refractivity contribution in [3.8, 4) is 5.75 Å². The maximum absolute atomic E-state index is 11.3. The molecule has 3 N–H and O–H groups in total. The molecule has 0 aliphatic rings. The molecule has 0 unspecified atom stereocenters. The zero-order chi connectivity index (χ0) is 15.2. The molecule has 0 fully saturated rings. The normalized spacial score (nSPS) is 10.2. The summed E-state index contributed by atoms with van der Waals surface area (Å²) in [6.07, 6.45) is 3.09. The lowest BCUT2D eigenvalue weighted by molar-refractivity contribution is 0.100. The van der Waals surface area contributed by atoms with Crippen molar-refractivity contribution in [3.63, 3.8) is 0 Å². The van der Waals surface area contributed by atoms with Gasteiger partial charge in [0.1, 0.15) is 5.75 Å². The van der Waals surface area contributed by atoms with Crippen LogP contribution in [0.1, 0.15) is 28.4 Å². The highest BCUT2D eigenvalue weighted by atomic mass is 16.5. The van der Waals surface area contributed by atoms with E-state index in [1.165, 1.54) is 6.20 Å². The molecule has 0 aliphatic carbocycles. The quantitative estimate of drug-likeness (QED) is 0.855. The van der Waals surface area contributed by atoms with Crippen LogP contribution in [0.15, 0.2) is 36.7 Å². The van der Waals surface area contributed by atoms with Crippen LogP contribution in [-0.4, -0.2) is 17.5 Å². The highest BCUT2D eigenvalue weighted by molar-refractivity contribution is 5.98. The molecule has 5 heteroatoms. The van der Waals surface area contributed by atoms with Crippen molar-refractivity contribution in [1.29, 1.82) is 0 Å². The molecule has 0 saturated carbocycles. The maximum Gasteiger partial charge on any atom is 0.252 e. The van der Waals surface area contributed by atoms with Crippen molar-refractivity contribution in [3.05, 3.63) is 53.3 Å². The smallest absolute Gasteiger partial charge is 0.252 e. The van der Waals surface area contributed by atoms with Gasteiger partial charge in [0.2, 0.25) is 0 Å². The van der Waals surface area contributed by atoms with Crippen molar-refractivity contribution in [2.45, 2.75) is 20.4 Å². The minimum atomic E-state index is -0.492. The van der Waals surface area contributed by atoms with E-state index in [2.05, 4.69) is 16.4 Å². The first kappa shape index (κ1) is 14.8. The summed E-state index contributed by atoms with van der Waals surface area (Å²) < 4.78 is 5.52. The van der Waals surface area contributed by atoms with Gasteiger partial charge in [-0.3, -0.25) is 9.78 Å². The first-order valence-electron chi connectivity index (χ1n) is 6.81. The molecule has 21 heavy (non-hydrogen) atoms. The number of rotatable bonds is 6. The van der Waals surface area contributed by atoms with Crippen LogP contribution in [0, 0.1) is 6.92 Å². The summed E-state index contributed by atoms with van der Waals surface area (Å²) in [5, 5.41) is 3.21. The van der Waals surface area contributed by atoms with Gasteiger partial charge in [0.25, 0.3) is 5.91 Å². The molecule has 0 spiro atoms. The zero-order valence-electron chi connectivity index (χ0n) is 12.2. The van der Waals surface area contributed by atoms with Gasteiger partial charge in [-0.25, -0.2) is 0 Å². The minimum Gasteiger partial charge on any atom is -0.494 e. The third-order valence-corrected chi connectivity index (χ3v) is 3.11. The fourth-order valence-electron chi connectivity index (χ4n) is 2.08. The van der Waals surface area contributed by atoms with Crippen molar-refractivity contribution in [2.75, 3.05) is 11.9 Å². The third kappa shape index (κ3) is 3.72. The summed E-state index contributed by atoms with van der Waals surface area (Å²) >= 11 is 0. The van der Waals surface area contributed by atoms with Crippen LogP contribution in [0.5, 0.6) is 5.75 Å². The van der Waals surface area contributed by atoms with E-state index in [0.29, 0.717) is 24.4 Å². The van der Waals surface area contributed by atoms with E-state index in [1.54, 1.807) is 12.3 Å². The highest BCUT2D eigenvalue weighted by Crippen LogP contribution is 2.20. The van der Waals surface area contributed by atoms with Gasteiger partial charge in [-0.15, -0.1) is 0 Å². The number of nitrogens with one attached hydrogen (secondary N) is 1. The van der Waals surface area contributed by atoms with Gasteiger partial charge < -0.3 is 15.8 Å². The van der Waals surface area contributed by atoms with E-state index in [9.17, 15) is 4.79 Å². The van der Waals surface area contributed by atoms with Gasteiger partial charge in [-0.05, 0) is 37.1 Å². The topological polar surface area (TPSA) is 77.2 Å². The van der Waals surface area contributed by atoms with E-state index < -0.39 is 5.91 Å². The van der Waals surface area contributed by atoms with Crippen LogP contribution < -0.4 is 15.8 Å². The molecule has 2 aromatic rings. The van der Waals surface area contributed by atoms with Crippen LogP contribution in [0.4, 0.5) is 5.69 Å². The van der Waals surface area contributed by atoms with E-state index in [4.69, 9.17) is 10.5 Å². The number of carbonyl (C=O) groups is 1. The number of aryl methyl sites for hydroxylation is 1. The van der Waals surface area contributed by atoms with Crippen molar-refractivity contribution >= 4 is 11.6 Å². The lowest BCUT2D eigenvalue weighted by atomic mass is 10.1. The van der Waals surface area contributed by atoms with Crippen LogP contribution >= 0.6 is 0 Å². The lowest BCUT2D eigenvalue weighted by Gasteiger charge is -2.12. The van der Waals surface area contributed by atoms with Gasteiger partial charge in [0, 0.05) is 18.9 Å². The van der Waals surface area contributed by atoms with Crippen molar-refractivity contribution in [1.82, 2.24) is 4.98 Å². The Morgan fingerprint density at radius 2 is 2.19 bits per heavy atom. The van der Waals surface area contributed by atoms with E-state index in [1.807, 2.05) is 26.0 Å². The van der Waals surface area contributed by atoms with Crippen LogP contribution in [-0.2, 0) is 6.54 Å². The van der Waals surface area contributed by atoms with Crippen molar-refractivity contribution < 1.29 is 9.53 Å². The summed E-state index contributed by atoms with van der Waals surface area (Å²) in [6, 6.07) is 7.75. The lowest BCUT2D eigenvalue weighted by Crippen LogP contribution is -2.14. The molecule has 1 amide bonds. The molecule has 0 saturated heterocycles. The number of nitrogens with zero attached hydrogens (tertiary/aromatic N) is 1. The van der Waals surface area contributed by atoms with Crippen molar-refractivity contribution in [2.24, 2.45) is 5.73 Å². The molecule has 1 heterocycles. The number of anilines is 1. The maximum atomic E-state index is 11.3. The van der Waals surface area contributed by atoms with Crippen LogP contribution in [0.2, 0.25) is 0 Å². The first-order valence-corrected chi connectivity index (χ1v) is 6.81. The Hall–Kier alpha value is -2.56. The number of pyridine rings is 1. The molecule has 0 atom stereocenters. The van der Waals surface area contributed by atoms with Gasteiger partial charge >= 0.3 is 0 Å². The SMILES string of the molecule is CCOc1ccc(CNc2ccncc2C(N)=O)cc1C. The number of benzene rings is 1. The average molecular weight is 285 g/mol. The molecule has 5 nitrogen and oxygen atoms in total. The second-order valence-electron chi connectivity index (χ2n) is 4.67. The van der Waals surface area contributed by atoms with Crippen LogP contribution in [0.3, 0.4) is 0 Å². The molecule has 0 aliphatic heterocycles. The number of nitrogens with two attached hydrogens (primary N) is 1. The molecule has 2 rings (SSSR count). The van der Waals surface area contributed by atoms with Crippen LogP contribution in [0.25, 0.3) is 0 Å². The van der Waals surface area contributed by atoms with Gasteiger partial charge in [0.05, 0.1) is 17.9 Å². The molecule has 0 bridgehead atoms. The number of carbonyl (C=O) groups excluding carboxylic acids is 1. The van der Waals surface area contributed by atoms with Gasteiger partial charge in [-0.1, -0.05) is 12.1 Å². The highest BCUT2D eigenvalue weighted by Gasteiger charge is 2.08. The zero-order valence-corrected chi connectivity index (χ0v) is 12.2. The second-order valence-corrected chi connectivity index (χ2v) is 4.67. The summed E-state index contributed by atoms with van der Waals surface area (Å²) in [5.74, 6) is 0.400. The molecular weight excluding hydrogens is 266 g/mol. The molecule has 1 aromatic carbocycles. The average Bonchev–Trinajstić information content (AvgIpc) is 2.48. The summed E-state index contributed by atoms with van der Waals surface area (Å²) in [6.45, 7) is 5.22. The van der Waals surface area contributed by atoms with E-state index in [0.717, 1.165) is 16.9 Å². The van der Waals surface area contributed by atoms with Gasteiger partial charge in [-0.2, -0.15) is 0 Å². The number of hydrogen-bond acceptors (Lipinski definition) is 4. The molecule has 110 valence electrons. The number of ether oxygens (including phenoxy) is 1. The Morgan fingerprint density at radius 3 is 2.86 bits per heavy atom. The standard InChI is InChI=1S/C16H19N3O2/c1-3-21-15-5-4-12(8-11(15)2)9-19-14-6-7-18-10-13(14)16(17)20/h4-8,10H,3,9H2,1-2H3,(H2,17,20)(H,18,19).